The van der Waals surface area contributed by atoms with Crippen LogP contribution in [0.2, 0.25) is 0 Å². The molecule has 0 spiro atoms. The summed E-state index contributed by atoms with van der Waals surface area (Å²) in [6, 6.07) is 0. The number of likely N-dealkylation sites (N-methyl/N-ethyl adjacent to an activating group) is 1. The minimum absolute atomic E-state index is 0.0990. The van der Waals surface area contributed by atoms with Crippen LogP contribution < -0.4 is 11.5 Å². The number of hydrogen-bond acceptors (Lipinski definition) is 3. The maximum Gasteiger partial charge on any atom is 0.265 e. The number of carbonyl (C=O) groups is 1. The van der Waals surface area contributed by atoms with Crippen LogP contribution in [-0.4, -0.2) is 43.4 Å². The number of hydrogen-bond donors (Lipinski definition) is 2. The van der Waals surface area contributed by atoms with Gasteiger partial charge in [-0.05, 0) is 19.4 Å². The smallest absolute Gasteiger partial charge is 0.265 e. The zero-order chi connectivity index (χ0) is 11.4. The Kier molecular flexibility index (Phi) is 4.93. The molecule has 0 saturated carbocycles. The van der Waals surface area contributed by atoms with Gasteiger partial charge in [0.05, 0.1) is 0 Å². The molecule has 1 amide bonds. The van der Waals surface area contributed by atoms with E-state index >= 15 is 0 Å². The molecule has 0 fully saturated rings. The minimum atomic E-state index is -2.87. The SMILES string of the molecule is CN(C)C(=O)C(N)(CCCN)C(F)F. The second-order valence-corrected chi connectivity index (χ2v) is 3.43. The normalized spacial score (nSPS) is 15.4. The van der Waals surface area contributed by atoms with E-state index < -0.39 is 17.9 Å². The van der Waals surface area contributed by atoms with Crippen molar-refractivity contribution in [3.8, 4) is 0 Å². The lowest BCUT2D eigenvalue weighted by Crippen LogP contribution is -2.58. The lowest BCUT2D eigenvalue weighted by Gasteiger charge is -2.29. The molecule has 0 radical (unpaired) electrons. The van der Waals surface area contributed by atoms with Crippen molar-refractivity contribution in [2.75, 3.05) is 20.6 Å². The van der Waals surface area contributed by atoms with Gasteiger partial charge in [0, 0.05) is 14.1 Å². The molecule has 0 aromatic carbocycles. The van der Waals surface area contributed by atoms with Gasteiger partial charge < -0.3 is 16.4 Å². The lowest BCUT2D eigenvalue weighted by atomic mass is 9.93. The van der Waals surface area contributed by atoms with Crippen LogP contribution in [0.5, 0.6) is 0 Å². The summed E-state index contributed by atoms with van der Waals surface area (Å²) in [5.41, 5.74) is 8.47. The summed E-state index contributed by atoms with van der Waals surface area (Å²) in [6.45, 7) is 0.242. The number of carbonyl (C=O) groups excluding carboxylic acids is 1. The second kappa shape index (κ2) is 5.21. The first-order chi connectivity index (χ1) is 6.36. The van der Waals surface area contributed by atoms with Crippen molar-refractivity contribution in [2.45, 2.75) is 24.8 Å². The van der Waals surface area contributed by atoms with Crippen LogP contribution in [0.15, 0.2) is 0 Å². The van der Waals surface area contributed by atoms with Crippen molar-refractivity contribution in [1.29, 1.82) is 0 Å². The highest BCUT2D eigenvalue weighted by molar-refractivity contribution is 5.86. The average Bonchev–Trinajstić information content (AvgIpc) is 2.12. The second-order valence-electron chi connectivity index (χ2n) is 3.43. The first-order valence-electron chi connectivity index (χ1n) is 4.35. The molecule has 1 atom stereocenters. The van der Waals surface area contributed by atoms with Gasteiger partial charge in [0.25, 0.3) is 6.43 Å². The van der Waals surface area contributed by atoms with Gasteiger partial charge in [-0.1, -0.05) is 0 Å². The van der Waals surface area contributed by atoms with Crippen molar-refractivity contribution in [3.63, 3.8) is 0 Å². The molecule has 0 aliphatic rings. The Bertz CT molecular complexity index is 199. The van der Waals surface area contributed by atoms with Gasteiger partial charge >= 0.3 is 0 Å². The Labute approximate surface area is 82.2 Å². The molecular formula is C8H17F2N3O. The van der Waals surface area contributed by atoms with Gasteiger partial charge in [-0.2, -0.15) is 0 Å². The number of halogens is 2. The van der Waals surface area contributed by atoms with Gasteiger partial charge in [0.15, 0.2) is 5.54 Å². The largest absolute Gasteiger partial charge is 0.347 e. The summed E-state index contributed by atoms with van der Waals surface area (Å²) in [5.74, 6) is -0.763. The van der Waals surface area contributed by atoms with E-state index in [4.69, 9.17) is 11.5 Å². The van der Waals surface area contributed by atoms with Gasteiger partial charge in [-0.15, -0.1) is 0 Å². The Balaban J connectivity index is 4.62. The summed E-state index contributed by atoms with van der Waals surface area (Å²) in [5, 5.41) is 0. The van der Waals surface area contributed by atoms with Crippen molar-refractivity contribution >= 4 is 5.91 Å². The van der Waals surface area contributed by atoms with E-state index in [1.54, 1.807) is 0 Å². The fourth-order valence-electron chi connectivity index (χ4n) is 1.12. The van der Waals surface area contributed by atoms with Gasteiger partial charge in [-0.3, -0.25) is 4.79 Å². The zero-order valence-corrected chi connectivity index (χ0v) is 8.46. The van der Waals surface area contributed by atoms with Crippen molar-refractivity contribution in [3.05, 3.63) is 0 Å². The summed E-state index contributed by atoms with van der Waals surface area (Å²) in [4.78, 5) is 12.5. The summed E-state index contributed by atoms with van der Waals surface area (Å²) >= 11 is 0. The third kappa shape index (κ3) is 2.88. The number of amides is 1. The van der Waals surface area contributed by atoms with E-state index in [1.165, 1.54) is 14.1 Å². The molecule has 4 nitrogen and oxygen atoms in total. The number of rotatable bonds is 5. The van der Waals surface area contributed by atoms with Crippen molar-refractivity contribution in [2.24, 2.45) is 11.5 Å². The van der Waals surface area contributed by atoms with Gasteiger partial charge in [0.1, 0.15) is 0 Å². The Hall–Kier alpha value is -0.750. The van der Waals surface area contributed by atoms with Crippen LogP contribution >= 0.6 is 0 Å². The van der Waals surface area contributed by atoms with E-state index in [0.29, 0.717) is 6.42 Å². The molecule has 6 heteroatoms. The topological polar surface area (TPSA) is 72.3 Å². The molecule has 0 aromatic heterocycles. The molecule has 1 unspecified atom stereocenters. The maximum absolute atomic E-state index is 12.6. The van der Waals surface area contributed by atoms with Crippen molar-refractivity contribution in [1.82, 2.24) is 4.90 Å². The van der Waals surface area contributed by atoms with E-state index in [0.717, 1.165) is 4.90 Å². The van der Waals surface area contributed by atoms with E-state index in [2.05, 4.69) is 0 Å². The number of nitrogens with zero attached hydrogens (tertiary/aromatic N) is 1. The molecule has 0 saturated heterocycles. The first kappa shape index (κ1) is 13.2. The molecule has 4 N–H and O–H groups in total. The third-order valence-corrected chi connectivity index (χ3v) is 1.99. The molecule has 0 aliphatic heterocycles. The maximum atomic E-state index is 12.6. The summed E-state index contributed by atoms with van der Waals surface area (Å²) in [7, 11) is 2.80. The molecule has 0 rings (SSSR count). The zero-order valence-electron chi connectivity index (χ0n) is 8.46. The molecule has 0 aliphatic carbocycles. The lowest BCUT2D eigenvalue weighted by molar-refractivity contribution is -0.140. The van der Waals surface area contributed by atoms with Crippen LogP contribution in [0.3, 0.4) is 0 Å². The Morgan fingerprint density at radius 1 is 1.50 bits per heavy atom. The summed E-state index contributed by atoms with van der Waals surface area (Å²) in [6.07, 6.45) is -2.66. The Morgan fingerprint density at radius 3 is 2.29 bits per heavy atom. The molecule has 0 heterocycles. The summed E-state index contributed by atoms with van der Waals surface area (Å²) < 4.78 is 25.2. The van der Waals surface area contributed by atoms with Crippen LogP contribution in [-0.2, 0) is 4.79 Å². The number of nitrogens with two attached hydrogens (primary N) is 2. The average molecular weight is 209 g/mol. The molecule has 14 heavy (non-hydrogen) atoms. The standard InChI is InChI=1S/C8H17F2N3O/c1-13(2)7(14)8(12,6(9)10)4-3-5-11/h6H,3-5,11-12H2,1-2H3. The van der Waals surface area contributed by atoms with E-state index in [9.17, 15) is 13.6 Å². The van der Waals surface area contributed by atoms with Gasteiger partial charge in [0.2, 0.25) is 5.91 Å². The highest BCUT2D eigenvalue weighted by Gasteiger charge is 2.43. The third-order valence-electron chi connectivity index (χ3n) is 1.99. The molecular weight excluding hydrogens is 192 g/mol. The van der Waals surface area contributed by atoms with Gasteiger partial charge in [-0.25, -0.2) is 8.78 Å². The van der Waals surface area contributed by atoms with E-state index in [-0.39, 0.29) is 13.0 Å². The van der Waals surface area contributed by atoms with Crippen LogP contribution in [0.1, 0.15) is 12.8 Å². The first-order valence-corrected chi connectivity index (χ1v) is 4.35. The van der Waals surface area contributed by atoms with Crippen molar-refractivity contribution < 1.29 is 13.6 Å². The van der Waals surface area contributed by atoms with Crippen LogP contribution in [0, 0.1) is 0 Å². The highest BCUT2D eigenvalue weighted by atomic mass is 19.3. The van der Waals surface area contributed by atoms with Crippen LogP contribution in [0.4, 0.5) is 8.78 Å². The monoisotopic (exact) mass is 209 g/mol. The molecule has 84 valence electrons. The van der Waals surface area contributed by atoms with E-state index in [1.807, 2.05) is 0 Å². The molecule has 0 bridgehead atoms. The Morgan fingerprint density at radius 2 is 2.00 bits per heavy atom. The minimum Gasteiger partial charge on any atom is -0.347 e. The van der Waals surface area contributed by atoms with Crippen LogP contribution in [0.25, 0.3) is 0 Å². The fourth-order valence-corrected chi connectivity index (χ4v) is 1.12. The molecule has 0 aromatic rings. The predicted octanol–water partition coefficient (Wildman–Crippen LogP) is -0.224. The fraction of sp³-hybridized carbons (Fsp3) is 0.875. The number of alkyl halides is 2. The predicted molar refractivity (Wildman–Crippen MR) is 49.9 cm³/mol. The highest BCUT2D eigenvalue weighted by Crippen LogP contribution is 2.20. The quantitative estimate of drug-likeness (QED) is 0.657.